The Bertz CT molecular complexity index is 807. The second-order valence-corrected chi connectivity index (χ2v) is 7.87. The second-order valence-electron chi connectivity index (χ2n) is 5.64. The Kier molecular flexibility index (Phi) is 3.28. The number of benzene rings is 1. The van der Waals surface area contributed by atoms with Crippen molar-refractivity contribution < 1.29 is 13.2 Å². The van der Waals surface area contributed by atoms with Crippen LogP contribution in [-0.2, 0) is 16.9 Å². The summed E-state index contributed by atoms with van der Waals surface area (Å²) in [5.74, 6) is 0.124. The number of sulfone groups is 1. The predicted molar refractivity (Wildman–Crippen MR) is 82.1 cm³/mol. The summed E-state index contributed by atoms with van der Waals surface area (Å²) in [5.41, 5.74) is 1.62. The smallest absolute Gasteiger partial charge is 0.256 e. The van der Waals surface area contributed by atoms with Gasteiger partial charge in [0.2, 0.25) is 0 Å². The Balaban J connectivity index is 1.94. The van der Waals surface area contributed by atoms with Crippen LogP contribution in [0.3, 0.4) is 0 Å². The summed E-state index contributed by atoms with van der Waals surface area (Å²) >= 11 is 0. The highest BCUT2D eigenvalue weighted by Crippen LogP contribution is 2.24. The molecule has 1 atom stereocenters. The first-order chi connectivity index (χ1) is 9.89. The van der Waals surface area contributed by atoms with Crippen LogP contribution in [0.25, 0.3) is 10.9 Å². The first-order valence-corrected chi connectivity index (χ1v) is 8.73. The van der Waals surface area contributed by atoms with E-state index in [1.165, 1.54) is 0 Å². The number of amides is 1. The molecule has 3 rings (SSSR count). The van der Waals surface area contributed by atoms with Crippen LogP contribution >= 0.6 is 0 Å². The lowest BCUT2D eigenvalue weighted by atomic mass is 10.1. The third-order valence-electron chi connectivity index (χ3n) is 4.20. The zero-order valence-corrected chi connectivity index (χ0v) is 12.9. The second kappa shape index (κ2) is 4.87. The van der Waals surface area contributed by atoms with Crippen molar-refractivity contribution in [2.45, 2.75) is 12.5 Å². The van der Waals surface area contributed by atoms with E-state index in [0.29, 0.717) is 12.0 Å². The minimum absolute atomic E-state index is 0.0695. The number of hydrogen-bond donors (Lipinski definition) is 0. The number of carbonyl (C=O) groups excluding carboxylic acids is 1. The van der Waals surface area contributed by atoms with Gasteiger partial charge in [-0.2, -0.15) is 0 Å². The van der Waals surface area contributed by atoms with Gasteiger partial charge in [0.15, 0.2) is 9.84 Å². The molecule has 0 aliphatic carbocycles. The number of nitrogens with zero attached hydrogens (tertiary/aromatic N) is 2. The molecule has 1 aliphatic heterocycles. The lowest BCUT2D eigenvalue weighted by Gasteiger charge is -2.23. The van der Waals surface area contributed by atoms with Crippen LogP contribution in [-0.4, -0.2) is 48.4 Å². The Morgan fingerprint density at radius 1 is 1.33 bits per heavy atom. The molecule has 2 aromatic rings. The summed E-state index contributed by atoms with van der Waals surface area (Å²) < 4.78 is 25.1. The van der Waals surface area contributed by atoms with Gasteiger partial charge in [0, 0.05) is 37.2 Å². The third-order valence-corrected chi connectivity index (χ3v) is 5.95. The Morgan fingerprint density at radius 2 is 2.05 bits per heavy atom. The van der Waals surface area contributed by atoms with E-state index in [-0.39, 0.29) is 23.5 Å². The van der Waals surface area contributed by atoms with Gasteiger partial charge >= 0.3 is 0 Å². The minimum atomic E-state index is -2.99. The molecule has 1 aromatic carbocycles. The number of aryl methyl sites for hydroxylation is 1. The lowest BCUT2D eigenvalue weighted by molar-refractivity contribution is 0.0749. The first kappa shape index (κ1) is 14.1. The molecule has 6 heteroatoms. The van der Waals surface area contributed by atoms with Crippen LogP contribution in [0.4, 0.5) is 0 Å². The lowest BCUT2D eigenvalue weighted by Crippen LogP contribution is -2.37. The highest BCUT2D eigenvalue weighted by Gasteiger charge is 2.33. The average Bonchev–Trinajstić information content (AvgIpc) is 2.98. The van der Waals surface area contributed by atoms with Crippen molar-refractivity contribution in [1.82, 2.24) is 9.47 Å². The number of carbonyl (C=O) groups is 1. The van der Waals surface area contributed by atoms with Crippen LogP contribution in [0.1, 0.15) is 16.8 Å². The van der Waals surface area contributed by atoms with Gasteiger partial charge in [-0.15, -0.1) is 0 Å². The predicted octanol–water partition coefficient (Wildman–Crippen LogP) is 1.44. The van der Waals surface area contributed by atoms with Crippen molar-refractivity contribution in [2.75, 3.05) is 18.6 Å². The first-order valence-electron chi connectivity index (χ1n) is 6.91. The highest BCUT2D eigenvalue weighted by atomic mass is 32.2. The number of rotatable bonds is 2. The van der Waals surface area contributed by atoms with Crippen molar-refractivity contribution in [3.8, 4) is 0 Å². The molecule has 112 valence electrons. The standard InChI is InChI=1S/C15H18N2O3S/c1-16-9-13(12-5-3-4-6-14(12)16)15(18)17(2)11-7-8-21(19,20)10-11/h3-6,9,11H,7-8,10H2,1-2H3. The van der Waals surface area contributed by atoms with Crippen molar-refractivity contribution >= 4 is 26.6 Å². The van der Waals surface area contributed by atoms with E-state index >= 15 is 0 Å². The number of hydrogen-bond acceptors (Lipinski definition) is 3. The molecule has 1 saturated heterocycles. The van der Waals surface area contributed by atoms with Gasteiger partial charge in [-0.05, 0) is 12.5 Å². The van der Waals surface area contributed by atoms with E-state index in [2.05, 4.69) is 0 Å². The summed E-state index contributed by atoms with van der Waals surface area (Å²) in [6, 6.07) is 7.50. The summed E-state index contributed by atoms with van der Waals surface area (Å²) in [4.78, 5) is 14.3. The molecule has 1 aliphatic rings. The van der Waals surface area contributed by atoms with E-state index < -0.39 is 9.84 Å². The molecule has 0 spiro atoms. The number of para-hydroxylation sites is 1. The topological polar surface area (TPSA) is 59.4 Å². The maximum absolute atomic E-state index is 12.7. The number of fused-ring (bicyclic) bond motifs is 1. The fraction of sp³-hybridized carbons (Fsp3) is 0.400. The van der Waals surface area contributed by atoms with E-state index in [9.17, 15) is 13.2 Å². The maximum atomic E-state index is 12.7. The van der Waals surface area contributed by atoms with Crippen molar-refractivity contribution in [2.24, 2.45) is 7.05 Å². The van der Waals surface area contributed by atoms with Gasteiger partial charge < -0.3 is 9.47 Å². The average molecular weight is 306 g/mol. The fourth-order valence-corrected chi connectivity index (χ4v) is 4.72. The van der Waals surface area contributed by atoms with Crippen LogP contribution in [0.15, 0.2) is 30.5 Å². The molecule has 0 N–H and O–H groups in total. The van der Waals surface area contributed by atoms with Crippen molar-refractivity contribution in [1.29, 1.82) is 0 Å². The van der Waals surface area contributed by atoms with Crippen LogP contribution < -0.4 is 0 Å². The molecule has 0 bridgehead atoms. The van der Waals surface area contributed by atoms with Gasteiger partial charge in [0.25, 0.3) is 5.91 Å². The summed E-state index contributed by atoms with van der Waals surface area (Å²) in [7, 11) is 0.599. The molecular formula is C15H18N2O3S. The van der Waals surface area contributed by atoms with Crippen LogP contribution in [0.2, 0.25) is 0 Å². The monoisotopic (exact) mass is 306 g/mol. The molecule has 5 nitrogen and oxygen atoms in total. The third kappa shape index (κ3) is 2.44. The van der Waals surface area contributed by atoms with Crippen molar-refractivity contribution in [3.63, 3.8) is 0 Å². The zero-order valence-electron chi connectivity index (χ0n) is 12.1. The molecule has 1 unspecified atom stereocenters. The van der Waals surface area contributed by atoms with Gasteiger partial charge in [0.1, 0.15) is 0 Å². The SMILES string of the molecule is CN(C(=O)c1cn(C)c2ccccc12)C1CCS(=O)(=O)C1. The summed E-state index contributed by atoms with van der Waals surface area (Å²) in [5, 5.41) is 0.901. The minimum Gasteiger partial charge on any atom is -0.350 e. The molecular weight excluding hydrogens is 288 g/mol. The molecule has 0 saturated carbocycles. The zero-order chi connectivity index (χ0) is 15.2. The molecule has 0 radical (unpaired) electrons. The van der Waals surface area contributed by atoms with E-state index in [1.807, 2.05) is 42.1 Å². The Morgan fingerprint density at radius 3 is 2.71 bits per heavy atom. The highest BCUT2D eigenvalue weighted by molar-refractivity contribution is 7.91. The molecule has 2 heterocycles. The molecule has 21 heavy (non-hydrogen) atoms. The quantitative estimate of drug-likeness (QED) is 0.843. The number of aromatic nitrogens is 1. The van der Waals surface area contributed by atoms with Gasteiger partial charge in [-0.25, -0.2) is 8.42 Å². The van der Waals surface area contributed by atoms with E-state index in [0.717, 1.165) is 10.9 Å². The Labute approximate surface area is 124 Å². The van der Waals surface area contributed by atoms with Crippen molar-refractivity contribution in [3.05, 3.63) is 36.0 Å². The van der Waals surface area contributed by atoms with Crippen LogP contribution in [0, 0.1) is 0 Å². The fourth-order valence-electron chi connectivity index (χ4n) is 2.95. The molecule has 1 aromatic heterocycles. The van der Waals surface area contributed by atoms with Gasteiger partial charge in [-0.3, -0.25) is 4.79 Å². The van der Waals surface area contributed by atoms with E-state index in [1.54, 1.807) is 11.9 Å². The molecule has 1 fully saturated rings. The van der Waals surface area contributed by atoms with Gasteiger partial charge in [0.05, 0.1) is 17.1 Å². The normalized spacial score (nSPS) is 20.8. The largest absolute Gasteiger partial charge is 0.350 e. The summed E-state index contributed by atoms with van der Waals surface area (Å²) in [6.45, 7) is 0. The maximum Gasteiger partial charge on any atom is 0.256 e. The molecule has 1 amide bonds. The summed E-state index contributed by atoms with van der Waals surface area (Å²) in [6.07, 6.45) is 2.34. The van der Waals surface area contributed by atoms with E-state index in [4.69, 9.17) is 0 Å². The van der Waals surface area contributed by atoms with Gasteiger partial charge in [-0.1, -0.05) is 18.2 Å². The Hall–Kier alpha value is -1.82. The van der Waals surface area contributed by atoms with Crippen LogP contribution in [0.5, 0.6) is 0 Å².